The van der Waals surface area contributed by atoms with Gasteiger partial charge in [-0.3, -0.25) is 10.1 Å². The van der Waals surface area contributed by atoms with E-state index in [1.54, 1.807) is 17.8 Å². The van der Waals surface area contributed by atoms with Crippen molar-refractivity contribution < 1.29 is 9.32 Å². The van der Waals surface area contributed by atoms with Gasteiger partial charge in [0.05, 0.1) is 16.6 Å². The molecular formula is C19H25N7O2. The van der Waals surface area contributed by atoms with Crippen molar-refractivity contribution in [1.29, 1.82) is 0 Å². The van der Waals surface area contributed by atoms with E-state index in [-0.39, 0.29) is 11.8 Å². The van der Waals surface area contributed by atoms with E-state index in [0.29, 0.717) is 34.2 Å². The van der Waals surface area contributed by atoms with Gasteiger partial charge >= 0.3 is 0 Å². The van der Waals surface area contributed by atoms with Crippen LogP contribution in [0.3, 0.4) is 0 Å². The zero-order valence-electron chi connectivity index (χ0n) is 16.6. The SMILES string of the molecule is Cc1cc(C(=O)Nc2nc(C3CCNCC3)nn2C)c2c(C(C)C)noc2n1. The van der Waals surface area contributed by atoms with Crippen LogP contribution in [0.15, 0.2) is 10.6 Å². The van der Waals surface area contributed by atoms with Gasteiger partial charge in [0, 0.05) is 18.7 Å². The predicted molar refractivity (Wildman–Crippen MR) is 104 cm³/mol. The topological polar surface area (TPSA) is 111 Å². The van der Waals surface area contributed by atoms with E-state index in [1.165, 1.54) is 0 Å². The van der Waals surface area contributed by atoms with E-state index in [1.807, 2.05) is 20.8 Å². The highest BCUT2D eigenvalue weighted by molar-refractivity contribution is 6.11. The number of piperidine rings is 1. The Kier molecular flexibility index (Phi) is 4.84. The second kappa shape index (κ2) is 7.31. The van der Waals surface area contributed by atoms with Gasteiger partial charge in [0.2, 0.25) is 5.95 Å². The average Bonchev–Trinajstić information content (AvgIpc) is 3.25. The lowest BCUT2D eigenvalue weighted by molar-refractivity contribution is 0.102. The third-order valence-electron chi connectivity index (χ3n) is 5.10. The molecule has 9 nitrogen and oxygen atoms in total. The molecule has 0 unspecified atom stereocenters. The van der Waals surface area contributed by atoms with Gasteiger partial charge in [-0.2, -0.15) is 10.1 Å². The molecule has 1 aliphatic rings. The Hall–Kier alpha value is -2.81. The van der Waals surface area contributed by atoms with Crippen LogP contribution in [0.5, 0.6) is 0 Å². The number of hydrogen-bond acceptors (Lipinski definition) is 7. The number of carbonyl (C=O) groups is 1. The van der Waals surface area contributed by atoms with Crippen molar-refractivity contribution in [3.8, 4) is 0 Å². The highest BCUT2D eigenvalue weighted by atomic mass is 16.5. The summed E-state index contributed by atoms with van der Waals surface area (Å²) in [6.07, 6.45) is 2.00. The molecule has 0 bridgehead atoms. The van der Waals surface area contributed by atoms with E-state index < -0.39 is 0 Å². The summed E-state index contributed by atoms with van der Waals surface area (Å²) in [5, 5.41) is 15.5. The molecule has 28 heavy (non-hydrogen) atoms. The van der Waals surface area contributed by atoms with Crippen molar-refractivity contribution >= 4 is 23.0 Å². The third-order valence-corrected chi connectivity index (χ3v) is 5.10. The first-order valence-corrected chi connectivity index (χ1v) is 9.64. The molecule has 1 saturated heterocycles. The number of fused-ring (bicyclic) bond motifs is 1. The van der Waals surface area contributed by atoms with Gasteiger partial charge in [0.15, 0.2) is 5.82 Å². The summed E-state index contributed by atoms with van der Waals surface area (Å²) in [6, 6.07) is 1.75. The summed E-state index contributed by atoms with van der Waals surface area (Å²) in [5.41, 5.74) is 2.28. The van der Waals surface area contributed by atoms with Gasteiger partial charge < -0.3 is 9.84 Å². The first kappa shape index (κ1) is 18.5. The van der Waals surface area contributed by atoms with Crippen LogP contribution in [0.1, 0.15) is 66.1 Å². The number of pyridine rings is 1. The summed E-state index contributed by atoms with van der Waals surface area (Å²) in [4.78, 5) is 22.0. The minimum Gasteiger partial charge on any atom is -0.335 e. The largest absolute Gasteiger partial charge is 0.335 e. The molecule has 0 aromatic carbocycles. The zero-order chi connectivity index (χ0) is 19.8. The molecule has 9 heteroatoms. The molecule has 4 heterocycles. The molecule has 4 rings (SSSR count). The summed E-state index contributed by atoms with van der Waals surface area (Å²) < 4.78 is 6.98. The number of aromatic nitrogens is 5. The monoisotopic (exact) mass is 383 g/mol. The van der Waals surface area contributed by atoms with Gasteiger partial charge in [-0.05, 0) is 44.8 Å². The first-order valence-electron chi connectivity index (χ1n) is 9.64. The fourth-order valence-corrected chi connectivity index (χ4v) is 3.60. The fraction of sp³-hybridized carbons (Fsp3) is 0.526. The van der Waals surface area contributed by atoms with Crippen molar-refractivity contribution in [3.05, 3.63) is 28.8 Å². The lowest BCUT2D eigenvalue weighted by Crippen LogP contribution is -2.27. The molecule has 2 N–H and O–H groups in total. The van der Waals surface area contributed by atoms with Crippen LogP contribution in [-0.4, -0.2) is 43.9 Å². The summed E-state index contributed by atoms with van der Waals surface area (Å²) in [5.74, 6) is 1.37. The van der Waals surface area contributed by atoms with Gasteiger partial charge in [0.1, 0.15) is 0 Å². The Balaban J connectivity index is 1.66. The number of anilines is 1. The van der Waals surface area contributed by atoms with Gasteiger partial charge in [-0.25, -0.2) is 9.67 Å². The molecule has 1 aliphatic heterocycles. The van der Waals surface area contributed by atoms with E-state index >= 15 is 0 Å². The Morgan fingerprint density at radius 2 is 2.07 bits per heavy atom. The maximum Gasteiger partial charge on any atom is 0.259 e. The molecule has 1 fully saturated rings. The third kappa shape index (κ3) is 3.37. The minimum atomic E-state index is -0.270. The number of hydrogen-bond donors (Lipinski definition) is 2. The molecular weight excluding hydrogens is 358 g/mol. The molecule has 1 amide bonds. The lowest BCUT2D eigenvalue weighted by Gasteiger charge is -2.19. The Bertz CT molecular complexity index is 1010. The molecule has 148 valence electrons. The number of aryl methyl sites for hydroxylation is 2. The quantitative estimate of drug-likeness (QED) is 0.712. The van der Waals surface area contributed by atoms with Crippen LogP contribution in [0, 0.1) is 6.92 Å². The minimum absolute atomic E-state index is 0.110. The fourth-order valence-electron chi connectivity index (χ4n) is 3.60. The molecule has 3 aromatic rings. The molecule has 0 aliphatic carbocycles. The van der Waals surface area contributed by atoms with Gasteiger partial charge in [0.25, 0.3) is 11.6 Å². The highest BCUT2D eigenvalue weighted by Gasteiger charge is 2.24. The molecule has 0 saturated carbocycles. The normalized spacial score (nSPS) is 15.5. The number of carbonyl (C=O) groups excluding carboxylic acids is 1. The maximum atomic E-state index is 13.1. The Labute approximate surface area is 162 Å². The molecule has 0 spiro atoms. The van der Waals surface area contributed by atoms with Crippen LogP contribution in [0.25, 0.3) is 11.1 Å². The van der Waals surface area contributed by atoms with E-state index in [0.717, 1.165) is 37.4 Å². The standard InChI is InChI=1S/C19H25N7O2/c1-10(2)15-14-13(9-11(3)21-18(14)28-25-15)17(27)23-19-22-16(24-26(19)4)12-5-7-20-8-6-12/h9-10,12,20H,5-8H2,1-4H3,(H,22,23,24,27). The van der Waals surface area contributed by atoms with Crippen LogP contribution in [0.4, 0.5) is 5.95 Å². The van der Waals surface area contributed by atoms with Gasteiger partial charge in [-0.1, -0.05) is 19.0 Å². The highest BCUT2D eigenvalue weighted by Crippen LogP contribution is 2.28. The molecule has 0 atom stereocenters. The van der Waals surface area contributed by atoms with Crippen molar-refractivity contribution in [2.75, 3.05) is 18.4 Å². The van der Waals surface area contributed by atoms with Crippen molar-refractivity contribution in [2.24, 2.45) is 7.05 Å². The molecule has 0 radical (unpaired) electrons. The summed E-state index contributed by atoms with van der Waals surface area (Å²) in [7, 11) is 1.79. The Morgan fingerprint density at radius 1 is 1.32 bits per heavy atom. The smallest absolute Gasteiger partial charge is 0.259 e. The lowest BCUT2D eigenvalue weighted by atomic mass is 9.98. The predicted octanol–water partition coefficient (Wildman–Crippen LogP) is 2.50. The van der Waals surface area contributed by atoms with Crippen molar-refractivity contribution in [1.82, 2.24) is 30.2 Å². The first-order chi connectivity index (χ1) is 13.4. The number of nitrogens with zero attached hydrogens (tertiary/aromatic N) is 5. The van der Waals surface area contributed by atoms with Crippen molar-refractivity contribution in [2.45, 2.75) is 45.4 Å². The van der Waals surface area contributed by atoms with Crippen LogP contribution in [-0.2, 0) is 7.05 Å². The number of amides is 1. The second-order valence-electron chi connectivity index (χ2n) is 7.61. The Morgan fingerprint density at radius 3 is 2.79 bits per heavy atom. The number of rotatable bonds is 4. The van der Waals surface area contributed by atoms with Crippen molar-refractivity contribution in [3.63, 3.8) is 0 Å². The summed E-state index contributed by atoms with van der Waals surface area (Å²) >= 11 is 0. The molecule has 3 aromatic heterocycles. The van der Waals surface area contributed by atoms with Crippen LogP contribution < -0.4 is 10.6 Å². The van der Waals surface area contributed by atoms with Crippen LogP contribution >= 0.6 is 0 Å². The van der Waals surface area contributed by atoms with Crippen LogP contribution in [0.2, 0.25) is 0 Å². The van der Waals surface area contributed by atoms with Gasteiger partial charge in [-0.15, -0.1) is 0 Å². The number of nitrogens with one attached hydrogen (secondary N) is 2. The van der Waals surface area contributed by atoms with E-state index in [9.17, 15) is 4.79 Å². The zero-order valence-corrected chi connectivity index (χ0v) is 16.6. The second-order valence-corrected chi connectivity index (χ2v) is 7.61. The summed E-state index contributed by atoms with van der Waals surface area (Å²) in [6.45, 7) is 7.76. The van der Waals surface area contributed by atoms with E-state index in [4.69, 9.17) is 4.52 Å². The van der Waals surface area contributed by atoms with E-state index in [2.05, 4.69) is 30.9 Å². The average molecular weight is 383 g/mol. The maximum absolute atomic E-state index is 13.1.